The number of fused-ring (bicyclic) bond motifs is 1. The molecule has 2 aliphatic carbocycles. The van der Waals surface area contributed by atoms with Gasteiger partial charge in [0.25, 0.3) is 0 Å². The molecule has 164 valence electrons. The van der Waals surface area contributed by atoms with Crippen molar-refractivity contribution in [2.75, 3.05) is 0 Å². The second-order valence-corrected chi connectivity index (χ2v) is 8.75. The smallest absolute Gasteiger partial charge is 0.344 e. The monoisotopic (exact) mass is 467 g/mol. The number of halogens is 3. The van der Waals surface area contributed by atoms with Gasteiger partial charge < -0.3 is 20.3 Å². The average molecular weight is 468 g/mol. The summed E-state index contributed by atoms with van der Waals surface area (Å²) >= 11 is 11.9. The number of benzene rings is 2. The third kappa shape index (κ3) is 3.69. The summed E-state index contributed by atoms with van der Waals surface area (Å²) < 4.78 is 26.4. The minimum absolute atomic E-state index is 0.00821. The van der Waals surface area contributed by atoms with Crippen LogP contribution in [0.2, 0.25) is 10.0 Å². The Morgan fingerprint density at radius 2 is 1.81 bits per heavy atom. The van der Waals surface area contributed by atoms with E-state index >= 15 is 4.39 Å². The second-order valence-electron chi connectivity index (χ2n) is 7.94. The molecule has 5 atom stereocenters. The lowest BCUT2D eigenvalue weighted by Crippen LogP contribution is -2.60. The standard InChI is InChI=1S/C22H20Cl2FNO5/c23-15-7-6-13(8-16(15)24)11-30-17-9-14-18(22(17,26)19(27)28)21(14,25)20(29)31-10-12-4-2-1-3-5-12/h1-8,14,17-18H,9-11,26H2,(H,27,28)/t14-,17-,18+,21-,22+/m1/s1. The van der Waals surface area contributed by atoms with E-state index in [1.54, 1.807) is 48.5 Å². The van der Waals surface area contributed by atoms with Crippen molar-refractivity contribution in [2.45, 2.75) is 36.9 Å². The Morgan fingerprint density at radius 1 is 1.10 bits per heavy atom. The zero-order chi connectivity index (χ0) is 22.4. The summed E-state index contributed by atoms with van der Waals surface area (Å²) in [6.45, 7) is -0.0857. The van der Waals surface area contributed by atoms with E-state index in [9.17, 15) is 14.7 Å². The fraction of sp³-hybridized carbons (Fsp3) is 0.364. The Labute approximate surface area is 188 Å². The van der Waals surface area contributed by atoms with Crippen LogP contribution in [-0.2, 0) is 32.3 Å². The number of hydrogen-bond acceptors (Lipinski definition) is 5. The van der Waals surface area contributed by atoms with Crippen molar-refractivity contribution in [1.29, 1.82) is 0 Å². The van der Waals surface area contributed by atoms with E-state index in [1.165, 1.54) is 0 Å². The van der Waals surface area contributed by atoms with Gasteiger partial charge in [0.1, 0.15) is 12.1 Å². The van der Waals surface area contributed by atoms with Gasteiger partial charge in [0.15, 0.2) is 0 Å². The summed E-state index contributed by atoms with van der Waals surface area (Å²) in [6.07, 6.45) is -0.980. The van der Waals surface area contributed by atoms with Gasteiger partial charge >= 0.3 is 11.9 Å². The number of carbonyl (C=O) groups excluding carboxylic acids is 1. The van der Waals surface area contributed by atoms with E-state index in [1.807, 2.05) is 0 Å². The number of carboxylic acids is 1. The van der Waals surface area contributed by atoms with Crippen LogP contribution >= 0.6 is 23.2 Å². The highest BCUT2D eigenvalue weighted by atomic mass is 35.5. The van der Waals surface area contributed by atoms with Crippen molar-refractivity contribution in [2.24, 2.45) is 17.6 Å². The number of carbonyl (C=O) groups is 2. The van der Waals surface area contributed by atoms with Gasteiger partial charge in [-0.25, -0.2) is 9.18 Å². The highest BCUT2D eigenvalue weighted by Gasteiger charge is 2.85. The molecule has 2 aromatic carbocycles. The molecule has 0 heterocycles. The lowest BCUT2D eigenvalue weighted by atomic mass is 9.88. The fourth-order valence-electron chi connectivity index (χ4n) is 4.45. The normalized spacial score (nSPS) is 31.2. The van der Waals surface area contributed by atoms with E-state index < -0.39 is 41.1 Å². The molecule has 0 bridgehead atoms. The largest absolute Gasteiger partial charge is 0.480 e. The lowest BCUT2D eigenvalue weighted by molar-refractivity contribution is -0.160. The molecule has 31 heavy (non-hydrogen) atoms. The molecular weight excluding hydrogens is 448 g/mol. The molecule has 6 nitrogen and oxygen atoms in total. The predicted octanol–water partition coefficient (Wildman–Crippen LogP) is 3.76. The molecule has 3 N–H and O–H groups in total. The van der Waals surface area contributed by atoms with Crippen molar-refractivity contribution < 1.29 is 28.6 Å². The average Bonchev–Trinajstić information content (AvgIpc) is 3.22. The first-order chi connectivity index (χ1) is 14.7. The van der Waals surface area contributed by atoms with Crippen LogP contribution in [0.3, 0.4) is 0 Å². The highest BCUT2D eigenvalue weighted by molar-refractivity contribution is 6.42. The quantitative estimate of drug-likeness (QED) is 0.601. The Balaban J connectivity index is 1.44. The molecule has 2 aliphatic rings. The Kier molecular flexibility index (Phi) is 5.72. The maximum Gasteiger partial charge on any atom is 0.344 e. The van der Waals surface area contributed by atoms with Crippen LogP contribution in [0.25, 0.3) is 0 Å². The van der Waals surface area contributed by atoms with E-state index in [-0.39, 0.29) is 19.6 Å². The van der Waals surface area contributed by atoms with Gasteiger partial charge in [-0.3, -0.25) is 4.79 Å². The molecular formula is C22H20Cl2FNO5. The maximum absolute atomic E-state index is 15.5. The molecule has 0 aliphatic heterocycles. The molecule has 0 radical (unpaired) electrons. The molecule has 0 amide bonds. The van der Waals surface area contributed by atoms with Crippen molar-refractivity contribution >= 4 is 35.1 Å². The van der Waals surface area contributed by atoms with E-state index in [0.717, 1.165) is 0 Å². The van der Waals surface area contributed by atoms with Gasteiger partial charge in [0, 0.05) is 11.8 Å². The molecule has 2 aromatic rings. The van der Waals surface area contributed by atoms with Crippen molar-refractivity contribution in [3.05, 3.63) is 69.7 Å². The van der Waals surface area contributed by atoms with E-state index in [2.05, 4.69) is 0 Å². The van der Waals surface area contributed by atoms with E-state index in [4.69, 9.17) is 38.4 Å². The third-order valence-corrected chi connectivity index (χ3v) is 6.87. The lowest BCUT2D eigenvalue weighted by Gasteiger charge is -2.32. The minimum Gasteiger partial charge on any atom is -0.480 e. The fourth-order valence-corrected chi connectivity index (χ4v) is 4.77. The van der Waals surface area contributed by atoms with Crippen LogP contribution in [0.4, 0.5) is 4.39 Å². The van der Waals surface area contributed by atoms with Crippen LogP contribution in [0, 0.1) is 11.8 Å². The summed E-state index contributed by atoms with van der Waals surface area (Å²) in [5, 5.41) is 10.5. The number of hydrogen-bond donors (Lipinski definition) is 2. The van der Waals surface area contributed by atoms with Crippen LogP contribution in [0.15, 0.2) is 48.5 Å². The molecule has 2 fully saturated rings. The van der Waals surface area contributed by atoms with Crippen molar-refractivity contribution in [1.82, 2.24) is 0 Å². The molecule has 0 unspecified atom stereocenters. The zero-order valence-corrected chi connectivity index (χ0v) is 17.8. The Morgan fingerprint density at radius 3 is 2.45 bits per heavy atom. The van der Waals surface area contributed by atoms with Crippen LogP contribution in [0.5, 0.6) is 0 Å². The molecule has 0 saturated heterocycles. The SMILES string of the molecule is N[C@]1(C(=O)O)[C@H]2[C@@H](C[C@H]1OCc1ccc(Cl)c(Cl)c1)[C@]2(F)C(=O)OCc1ccccc1. The Hall–Kier alpha value is -2.19. The van der Waals surface area contributed by atoms with E-state index in [0.29, 0.717) is 21.2 Å². The van der Waals surface area contributed by atoms with Crippen molar-refractivity contribution in [3.63, 3.8) is 0 Å². The topological polar surface area (TPSA) is 98.9 Å². The number of esters is 1. The van der Waals surface area contributed by atoms with Crippen LogP contribution in [-0.4, -0.2) is 34.4 Å². The molecule has 0 aromatic heterocycles. The third-order valence-electron chi connectivity index (χ3n) is 6.13. The van der Waals surface area contributed by atoms with Gasteiger partial charge in [-0.15, -0.1) is 0 Å². The summed E-state index contributed by atoms with van der Waals surface area (Å²) in [7, 11) is 0. The summed E-state index contributed by atoms with van der Waals surface area (Å²) in [6, 6.07) is 13.7. The van der Waals surface area contributed by atoms with Gasteiger partial charge in [-0.05, 0) is 29.7 Å². The van der Waals surface area contributed by atoms with Gasteiger partial charge in [-0.1, -0.05) is 59.6 Å². The summed E-state index contributed by atoms with van der Waals surface area (Å²) in [5.74, 6) is -4.62. The first kappa shape index (κ1) is 22.0. The molecule has 2 saturated carbocycles. The minimum atomic E-state index is -2.44. The van der Waals surface area contributed by atoms with Gasteiger partial charge in [0.2, 0.25) is 5.67 Å². The highest BCUT2D eigenvalue weighted by Crippen LogP contribution is 2.67. The Bertz CT molecular complexity index is 1020. The molecule has 0 spiro atoms. The maximum atomic E-state index is 15.5. The number of rotatable bonds is 7. The number of nitrogens with two attached hydrogens (primary N) is 1. The number of aliphatic carboxylic acids is 1. The second kappa shape index (κ2) is 8.06. The van der Waals surface area contributed by atoms with Crippen LogP contribution < -0.4 is 5.73 Å². The van der Waals surface area contributed by atoms with Crippen LogP contribution in [0.1, 0.15) is 17.5 Å². The van der Waals surface area contributed by atoms with Crippen molar-refractivity contribution in [3.8, 4) is 0 Å². The first-order valence-electron chi connectivity index (χ1n) is 9.67. The van der Waals surface area contributed by atoms with Gasteiger partial charge in [0.05, 0.1) is 22.8 Å². The number of ether oxygens (including phenoxy) is 2. The summed E-state index contributed by atoms with van der Waals surface area (Å²) in [4.78, 5) is 24.5. The summed E-state index contributed by atoms with van der Waals surface area (Å²) in [5.41, 5.74) is 3.02. The number of alkyl halides is 1. The zero-order valence-electron chi connectivity index (χ0n) is 16.3. The van der Waals surface area contributed by atoms with Gasteiger partial charge in [-0.2, -0.15) is 0 Å². The predicted molar refractivity (Wildman–Crippen MR) is 111 cm³/mol. The molecule has 4 rings (SSSR count). The molecule has 9 heteroatoms. The first-order valence-corrected chi connectivity index (χ1v) is 10.4. The number of carboxylic acid groups (broad SMARTS) is 1.